The standard InChI is InChI=1S/C30H26Cl3NO3/c1-34-17-29(27(36)20-4-10-24(32)11-5-20)14-22(26(35)19-2-8-23(31)9-3-19)15-30(16-29,18-34)28(37)21-6-12-25(33)13-7-21/h2-13,22H,14-18H2,1H3/t22?,29-,30+. The minimum absolute atomic E-state index is 0.0578. The van der Waals surface area contributed by atoms with E-state index in [-0.39, 0.29) is 17.3 Å². The average Bonchev–Trinajstić information content (AvgIpc) is 2.88. The van der Waals surface area contributed by atoms with Crippen LogP contribution in [0.25, 0.3) is 0 Å². The number of benzene rings is 3. The summed E-state index contributed by atoms with van der Waals surface area (Å²) in [5, 5.41) is 1.63. The van der Waals surface area contributed by atoms with Gasteiger partial charge in [-0.25, -0.2) is 0 Å². The second kappa shape index (κ2) is 9.99. The quantitative estimate of drug-likeness (QED) is 0.300. The first kappa shape index (κ1) is 26.1. The maximum atomic E-state index is 14.2. The van der Waals surface area contributed by atoms with Crippen molar-refractivity contribution in [1.82, 2.24) is 4.90 Å². The molecule has 2 fully saturated rings. The lowest BCUT2D eigenvalue weighted by atomic mass is 9.51. The van der Waals surface area contributed by atoms with E-state index in [1.165, 1.54) is 0 Å². The molecule has 1 aliphatic heterocycles. The Morgan fingerprint density at radius 1 is 0.649 bits per heavy atom. The molecule has 1 saturated carbocycles. The third kappa shape index (κ3) is 5.00. The van der Waals surface area contributed by atoms with Crippen LogP contribution < -0.4 is 0 Å². The van der Waals surface area contributed by atoms with Crippen molar-refractivity contribution >= 4 is 52.2 Å². The van der Waals surface area contributed by atoms with Gasteiger partial charge < -0.3 is 4.90 Å². The van der Waals surface area contributed by atoms with E-state index < -0.39 is 16.7 Å². The number of piperidine rings is 1. The number of carbonyl (C=O) groups is 3. The number of hydrogen-bond donors (Lipinski definition) is 0. The average molecular weight is 555 g/mol. The van der Waals surface area contributed by atoms with Crippen LogP contribution in [0.4, 0.5) is 0 Å². The molecule has 1 aliphatic carbocycles. The van der Waals surface area contributed by atoms with Gasteiger partial charge in [-0.15, -0.1) is 0 Å². The van der Waals surface area contributed by atoms with Gasteiger partial charge >= 0.3 is 0 Å². The smallest absolute Gasteiger partial charge is 0.170 e. The molecule has 3 aromatic carbocycles. The molecule has 190 valence electrons. The van der Waals surface area contributed by atoms with Gasteiger partial charge in [0.05, 0.1) is 0 Å². The lowest BCUT2D eigenvalue weighted by Gasteiger charge is -2.55. The number of Topliss-reactive ketones (excluding diaryl/α,β-unsaturated/α-hetero) is 3. The summed E-state index contributed by atoms with van der Waals surface area (Å²) >= 11 is 18.2. The Hall–Kier alpha value is -2.50. The Kier molecular flexibility index (Phi) is 7.06. The number of rotatable bonds is 6. The van der Waals surface area contributed by atoms with Crippen molar-refractivity contribution in [2.24, 2.45) is 16.7 Å². The molecule has 3 atom stereocenters. The monoisotopic (exact) mass is 553 g/mol. The number of carbonyl (C=O) groups excluding carboxylic acids is 3. The predicted octanol–water partition coefficient (Wildman–Crippen LogP) is 7.31. The van der Waals surface area contributed by atoms with E-state index in [9.17, 15) is 14.4 Å². The van der Waals surface area contributed by atoms with Crippen LogP contribution in [0.3, 0.4) is 0 Å². The maximum absolute atomic E-state index is 14.2. The summed E-state index contributed by atoms with van der Waals surface area (Å²) in [6, 6.07) is 20.5. The van der Waals surface area contributed by atoms with Crippen LogP contribution in [0.1, 0.15) is 50.3 Å². The topological polar surface area (TPSA) is 54.5 Å². The van der Waals surface area contributed by atoms with E-state index in [1.54, 1.807) is 72.8 Å². The largest absolute Gasteiger partial charge is 0.304 e. The zero-order valence-electron chi connectivity index (χ0n) is 20.3. The second-order valence-electron chi connectivity index (χ2n) is 10.6. The summed E-state index contributed by atoms with van der Waals surface area (Å²) in [6.07, 6.45) is 1.13. The Balaban J connectivity index is 1.60. The summed E-state index contributed by atoms with van der Waals surface area (Å²) in [5.74, 6) is -0.672. The number of hydrogen-bond acceptors (Lipinski definition) is 4. The third-order valence-corrected chi connectivity index (χ3v) is 8.53. The number of nitrogens with zero attached hydrogens (tertiary/aromatic N) is 1. The fraction of sp³-hybridized carbons (Fsp3) is 0.300. The van der Waals surface area contributed by atoms with Crippen molar-refractivity contribution in [3.63, 3.8) is 0 Å². The molecular formula is C30H26Cl3NO3. The van der Waals surface area contributed by atoms with Gasteiger partial charge in [0, 0.05) is 61.6 Å². The van der Waals surface area contributed by atoms with Crippen molar-refractivity contribution in [1.29, 1.82) is 0 Å². The molecule has 1 unspecified atom stereocenters. The molecule has 37 heavy (non-hydrogen) atoms. The molecule has 0 radical (unpaired) electrons. The molecule has 2 aliphatic rings. The normalized spacial score (nSPS) is 25.5. The highest BCUT2D eigenvalue weighted by Gasteiger charge is 2.60. The number of fused-ring (bicyclic) bond motifs is 2. The van der Waals surface area contributed by atoms with Gasteiger partial charge in [-0.3, -0.25) is 14.4 Å². The highest BCUT2D eigenvalue weighted by atomic mass is 35.5. The molecule has 1 heterocycles. The van der Waals surface area contributed by atoms with Crippen molar-refractivity contribution in [3.8, 4) is 0 Å². The van der Waals surface area contributed by atoms with Crippen LogP contribution in [-0.4, -0.2) is 42.4 Å². The maximum Gasteiger partial charge on any atom is 0.170 e. The van der Waals surface area contributed by atoms with E-state index in [2.05, 4.69) is 4.90 Å². The summed E-state index contributed by atoms with van der Waals surface area (Å²) in [7, 11) is 1.94. The van der Waals surface area contributed by atoms with Gasteiger partial charge in [0.25, 0.3) is 0 Å². The molecule has 7 heteroatoms. The second-order valence-corrected chi connectivity index (χ2v) is 11.9. The first-order valence-electron chi connectivity index (χ1n) is 12.2. The van der Waals surface area contributed by atoms with Crippen LogP contribution in [0.5, 0.6) is 0 Å². The Bertz CT molecular complexity index is 1280. The molecule has 2 bridgehead atoms. The fourth-order valence-corrected chi connectivity index (χ4v) is 6.86. The molecule has 0 amide bonds. The van der Waals surface area contributed by atoms with Gasteiger partial charge in [-0.2, -0.15) is 0 Å². The van der Waals surface area contributed by atoms with E-state index >= 15 is 0 Å². The zero-order chi connectivity index (χ0) is 26.4. The number of ketones is 3. The van der Waals surface area contributed by atoms with Crippen LogP contribution in [0.15, 0.2) is 72.8 Å². The first-order valence-corrected chi connectivity index (χ1v) is 13.3. The number of halogens is 3. The minimum Gasteiger partial charge on any atom is -0.304 e. The molecule has 1 saturated heterocycles. The Morgan fingerprint density at radius 2 is 1.00 bits per heavy atom. The summed E-state index contributed by atoms with van der Waals surface area (Å²) < 4.78 is 0. The van der Waals surface area contributed by atoms with Gasteiger partial charge in [0.1, 0.15) is 0 Å². The summed E-state index contributed by atoms with van der Waals surface area (Å²) in [6.45, 7) is 0.934. The van der Waals surface area contributed by atoms with Crippen molar-refractivity contribution in [2.45, 2.75) is 19.3 Å². The van der Waals surface area contributed by atoms with E-state index in [0.717, 1.165) is 0 Å². The molecule has 5 rings (SSSR count). The zero-order valence-corrected chi connectivity index (χ0v) is 22.6. The van der Waals surface area contributed by atoms with Crippen LogP contribution >= 0.6 is 34.8 Å². The Morgan fingerprint density at radius 3 is 1.38 bits per heavy atom. The molecule has 0 N–H and O–H groups in total. The lowest BCUT2D eigenvalue weighted by Crippen LogP contribution is -2.61. The van der Waals surface area contributed by atoms with Crippen LogP contribution in [0.2, 0.25) is 15.1 Å². The van der Waals surface area contributed by atoms with E-state index in [0.29, 0.717) is 64.1 Å². The Labute approximate surface area is 231 Å². The summed E-state index contributed by atoms with van der Waals surface area (Å²) in [4.78, 5) is 44.2. The molecule has 0 spiro atoms. The van der Waals surface area contributed by atoms with Gasteiger partial charge in [0.15, 0.2) is 17.3 Å². The fourth-order valence-electron chi connectivity index (χ4n) is 6.48. The third-order valence-electron chi connectivity index (χ3n) is 7.77. The number of likely N-dealkylation sites (tertiary alicyclic amines) is 1. The predicted molar refractivity (Wildman–Crippen MR) is 147 cm³/mol. The summed E-state index contributed by atoms with van der Waals surface area (Å²) in [5.41, 5.74) is -0.188. The highest BCUT2D eigenvalue weighted by molar-refractivity contribution is 6.31. The minimum atomic E-state index is -0.895. The first-order chi connectivity index (χ1) is 17.6. The van der Waals surface area contributed by atoms with Crippen LogP contribution in [0, 0.1) is 16.7 Å². The highest BCUT2D eigenvalue weighted by Crippen LogP contribution is 2.56. The molecular weight excluding hydrogens is 529 g/mol. The SMILES string of the molecule is CN1C[C@@]2(C(=O)c3ccc(Cl)cc3)CC(C(=O)c3ccc(Cl)cc3)C[C@@](C(=O)c3ccc(Cl)cc3)(C1)C2. The molecule has 0 aromatic heterocycles. The van der Waals surface area contributed by atoms with E-state index in [4.69, 9.17) is 34.8 Å². The van der Waals surface area contributed by atoms with Gasteiger partial charge in [-0.1, -0.05) is 34.8 Å². The van der Waals surface area contributed by atoms with Crippen molar-refractivity contribution < 1.29 is 14.4 Å². The van der Waals surface area contributed by atoms with Crippen molar-refractivity contribution in [3.05, 3.63) is 105 Å². The van der Waals surface area contributed by atoms with E-state index in [1.807, 2.05) is 7.05 Å². The van der Waals surface area contributed by atoms with Crippen LogP contribution in [-0.2, 0) is 0 Å². The molecule has 4 nitrogen and oxygen atoms in total. The van der Waals surface area contributed by atoms with Gasteiger partial charge in [0.2, 0.25) is 0 Å². The molecule has 3 aromatic rings. The van der Waals surface area contributed by atoms with Gasteiger partial charge in [-0.05, 0) is 99.1 Å². The van der Waals surface area contributed by atoms with Crippen molar-refractivity contribution in [2.75, 3.05) is 20.1 Å². The lowest BCUT2D eigenvalue weighted by molar-refractivity contribution is -0.0316.